The zero-order valence-electron chi connectivity index (χ0n) is 8.40. The monoisotopic (exact) mass is 203 g/mol. The Labute approximate surface area is 87.9 Å². The van der Waals surface area contributed by atoms with Crippen LogP contribution in [0.2, 0.25) is 0 Å². The van der Waals surface area contributed by atoms with Gasteiger partial charge < -0.3 is 10.2 Å². The molecule has 0 unspecified atom stereocenters. The molecule has 0 saturated heterocycles. The molecule has 2 rings (SSSR count). The van der Waals surface area contributed by atoms with Crippen molar-refractivity contribution >= 4 is 16.9 Å². The number of aryl methyl sites for hydroxylation is 1. The number of hydrogen-bond donors (Lipinski definition) is 1. The summed E-state index contributed by atoms with van der Waals surface area (Å²) in [4.78, 5) is 10.6. The largest absolute Gasteiger partial charge is 0.464 e. The van der Waals surface area contributed by atoms with Gasteiger partial charge in [-0.1, -0.05) is 6.07 Å². The fourth-order valence-corrected chi connectivity index (χ4v) is 1.64. The third-order valence-electron chi connectivity index (χ3n) is 2.41. The maximum absolute atomic E-state index is 10.6. The van der Waals surface area contributed by atoms with Crippen molar-refractivity contribution < 1.29 is 9.21 Å². The van der Waals surface area contributed by atoms with Gasteiger partial charge in [-0.3, -0.25) is 4.79 Å². The highest BCUT2D eigenvalue weighted by Crippen LogP contribution is 2.17. The van der Waals surface area contributed by atoms with Gasteiger partial charge in [0.1, 0.15) is 5.58 Å². The Morgan fingerprint density at radius 1 is 1.33 bits per heavy atom. The summed E-state index contributed by atoms with van der Waals surface area (Å²) < 4.78 is 5.24. The van der Waals surface area contributed by atoms with Gasteiger partial charge in [0.15, 0.2) is 0 Å². The Balaban J connectivity index is 2.04. The highest BCUT2D eigenvalue weighted by molar-refractivity contribution is 5.77. The molecule has 0 aliphatic heterocycles. The van der Waals surface area contributed by atoms with Crippen molar-refractivity contribution in [1.82, 2.24) is 0 Å². The molecule has 78 valence electrons. The molecule has 1 aromatic carbocycles. The minimum atomic E-state index is -0.237. The van der Waals surface area contributed by atoms with Gasteiger partial charge in [0.25, 0.3) is 0 Å². The molecule has 0 fully saturated rings. The Morgan fingerprint density at radius 2 is 2.20 bits per heavy atom. The van der Waals surface area contributed by atoms with Crippen molar-refractivity contribution in [3.05, 3.63) is 36.1 Å². The highest BCUT2D eigenvalue weighted by Gasteiger charge is 2.00. The second-order valence-corrected chi connectivity index (χ2v) is 3.61. The lowest BCUT2D eigenvalue weighted by atomic mass is 10.1. The summed E-state index contributed by atoms with van der Waals surface area (Å²) >= 11 is 0. The van der Waals surface area contributed by atoms with E-state index < -0.39 is 0 Å². The molecule has 0 saturated carbocycles. The molecule has 3 heteroatoms. The summed E-state index contributed by atoms with van der Waals surface area (Å²) in [5.41, 5.74) is 7.19. The molecule has 1 heterocycles. The number of benzene rings is 1. The molecule has 1 amide bonds. The molecule has 3 nitrogen and oxygen atoms in total. The molecule has 0 spiro atoms. The van der Waals surface area contributed by atoms with Crippen LogP contribution in [0.3, 0.4) is 0 Å². The van der Waals surface area contributed by atoms with Gasteiger partial charge >= 0.3 is 0 Å². The quantitative estimate of drug-likeness (QED) is 0.828. The van der Waals surface area contributed by atoms with E-state index in [1.165, 1.54) is 5.56 Å². The van der Waals surface area contributed by atoms with E-state index in [0.717, 1.165) is 23.8 Å². The Morgan fingerprint density at radius 3 is 3.00 bits per heavy atom. The molecule has 2 aromatic rings. The molecule has 0 aliphatic carbocycles. The molecular formula is C12H13NO2. The van der Waals surface area contributed by atoms with Crippen LogP contribution in [0.25, 0.3) is 11.0 Å². The standard InChI is InChI=1S/C12H13NO2/c13-12(14)3-1-2-9-4-5-11-10(8-9)6-7-15-11/h4-8H,1-3H2,(H2,13,14). The summed E-state index contributed by atoms with van der Waals surface area (Å²) in [6.45, 7) is 0. The first-order valence-electron chi connectivity index (χ1n) is 5.00. The van der Waals surface area contributed by atoms with Crippen LogP contribution in [0, 0.1) is 0 Å². The first-order valence-corrected chi connectivity index (χ1v) is 5.00. The maximum atomic E-state index is 10.6. The number of hydrogen-bond acceptors (Lipinski definition) is 2. The number of carbonyl (C=O) groups is 1. The van der Waals surface area contributed by atoms with Gasteiger partial charge in [0, 0.05) is 11.8 Å². The minimum Gasteiger partial charge on any atom is -0.464 e. The first-order chi connectivity index (χ1) is 7.25. The predicted molar refractivity (Wildman–Crippen MR) is 58.3 cm³/mol. The molecule has 0 radical (unpaired) electrons. The van der Waals surface area contributed by atoms with E-state index in [4.69, 9.17) is 10.2 Å². The lowest BCUT2D eigenvalue weighted by Gasteiger charge is -1.99. The number of nitrogens with two attached hydrogens (primary N) is 1. The van der Waals surface area contributed by atoms with E-state index in [2.05, 4.69) is 6.07 Å². The lowest BCUT2D eigenvalue weighted by Crippen LogP contribution is -2.10. The highest BCUT2D eigenvalue weighted by atomic mass is 16.3. The van der Waals surface area contributed by atoms with Gasteiger partial charge in [-0.15, -0.1) is 0 Å². The van der Waals surface area contributed by atoms with Gasteiger partial charge in [-0.2, -0.15) is 0 Å². The van der Waals surface area contributed by atoms with Crippen molar-refractivity contribution in [2.75, 3.05) is 0 Å². The van der Waals surface area contributed by atoms with Crippen LogP contribution in [-0.4, -0.2) is 5.91 Å². The van der Waals surface area contributed by atoms with Crippen LogP contribution in [0.1, 0.15) is 18.4 Å². The van der Waals surface area contributed by atoms with Crippen molar-refractivity contribution in [1.29, 1.82) is 0 Å². The number of fused-ring (bicyclic) bond motifs is 1. The molecule has 15 heavy (non-hydrogen) atoms. The van der Waals surface area contributed by atoms with Gasteiger partial charge in [-0.05, 0) is 36.6 Å². The molecule has 0 aliphatic rings. The lowest BCUT2D eigenvalue weighted by molar-refractivity contribution is -0.118. The average Bonchev–Trinajstić information content (AvgIpc) is 2.64. The summed E-state index contributed by atoms with van der Waals surface area (Å²) in [7, 11) is 0. The summed E-state index contributed by atoms with van der Waals surface area (Å²) in [6, 6.07) is 7.99. The number of rotatable bonds is 4. The van der Waals surface area contributed by atoms with Crippen LogP contribution in [0.15, 0.2) is 34.9 Å². The Hall–Kier alpha value is -1.77. The van der Waals surface area contributed by atoms with E-state index in [1.54, 1.807) is 6.26 Å². The van der Waals surface area contributed by atoms with Crippen LogP contribution in [0.5, 0.6) is 0 Å². The normalized spacial score (nSPS) is 10.7. The van der Waals surface area contributed by atoms with E-state index in [1.807, 2.05) is 18.2 Å². The predicted octanol–water partition coefficient (Wildman–Crippen LogP) is 2.24. The summed E-state index contributed by atoms with van der Waals surface area (Å²) in [6.07, 6.45) is 3.81. The van der Waals surface area contributed by atoms with E-state index in [9.17, 15) is 4.79 Å². The smallest absolute Gasteiger partial charge is 0.217 e. The first kappa shape index (κ1) is 9.77. The van der Waals surface area contributed by atoms with Crippen molar-refractivity contribution in [2.45, 2.75) is 19.3 Å². The third-order valence-corrected chi connectivity index (χ3v) is 2.41. The molecule has 1 aromatic heterocycles. The van der Waals surface area contributed by atoms with E-state index >= 15 is 0 Å². The van der Waals surface area contributed by atoms with Crippen LogP contribution >= 0.6 is 0 Å². The Bertz CT molecular complexity index is 473. The number of carbonyl (C=O) groups excluding carboxylic acids is 1. The van der Waals surface area contributed by atoms with Gasteiger partial charge in [-0.25, -0.2) is 0 Å². The fraction of sp³-hybridized carbons (Fsp3) is 0.250. The zero-order chi connectivity index (χ0) is 10.7. The Kier molecular flexibility index (Phi) is 2.72. The topological polar surface area (TPSA) is 56.2 Å². The fourth-order valence-electron chi connectivity index (χ4n) is 1.64. The van der Waals surface area contributed by atoms with Gasteiger partial charge in [0.2, 0.25) is 5.91 Å². The second kappa shape index (κ2) is 4.17. The van der Waals surface area contributed by atoms with E-state index in [0.29, 0.717) is 6.42 Å². The average molecular weight is 203 g/mol. The number of primary amides is 1. The van der Waals surface area contributed by atoms with Crippen molar-refractivity contribution in [3.8, 4) is 0 Å². The molecule has 0 bridgehead atoms. The SMILES string of the molecule is NC(=O)CCCc1ccc2occc2c1. The maximum Gasteiger partial charge on any atom is 0.217 e. The minimum absolute atomic E-state index is 0.237. The molecule has 2 N–H and O–H groups in total. The van der Waals surface area contributed by atoms with Crippen molar-refractivity contribution in [3.63, 3.8) is 0 Å². The van der Waals surface area contributed by atoms with Crippen molar-refractivity contribution in [2.24, 2.45) is 5.73 Å². The zero-order valence-corrected chi connectivity index (χ0v) is 8.40. The second-order valence-electron chi connectivity index (χ2n) is 3.61. The number of amides is 1. The summed E-state index contributed by atoms with van der Waals surface area (Å²) in [5, 5.41) is 1.10. The summed E-state index contributed by atoms with van der Waals surface area (Å²) in [5.74, 6) is -0.237. The van der Waals surface area contributed by atoms with Crippen LogP contribution in [0.4, 0.5) is 0 Å². The van der Waals surface area contributed by atoms with Crippen LogP contribution < -0.4 is 5.73 Å². The molecule has 0 atom stereocenters. The molecular weight excluding hydrogens is 190 g/mol. The van der Waals surface area contributed by atoms with Crippen LogP contribution in [-0.2, 0) is 11.2 Å². The van der Waals surface area contributed by atoms with E-state index in [-0.39, 0.29) is 5.91 Å². The number of furan rings is 1. The third kappa shape index (κ3) is 2.37. The van der Waals surface area contributed by atoms with Gasteiger partial charge in [0.05, 0.1) is 6.26 Å².